The van der Waals surface area contributed by atoms with E-state index in [4.69, 9.17) is 9.47 Å². The van der Waals surface area contributed by atoms with Gasteiger partial charge in [0.15, 0.2) is 18.0 Å². The highest BCUT2D eigenvalue weighted by molar-refractivity contribution is 5.93. The Balaban J connectivity index is 1.63. The quantitative estimate of drug-likeness (QED) is 0.420. The number of ether oxygens (including phenoxy) is 2. The van der Waals surface area contributed by atoms with Gasteiger partial charge < -0.3 is 9.47 Å². The predicted molar refractivity (Wildman–Crippen MR) is 131 cm³/mol. The summed E-state index contributed by atoms with van der Waals surface area (Å²) in [6.07, 6.45) is 10.3. The molecule has 0 bridgehead atoms. The topological polar surface area (TPSA) is 86.7 Å². The van der Waals surface area contributed by atoms with Crippen molar-refractivity contribution in [3.05, 3.63) is 11.6 Å². The van der Waals surface area contributed by atoms with Gasteiger partial charge in [-0.3, -0.25) is 19.2 Å². The Morgan fingerprint density at radius 2 is 1.60 bits per heavy atom. The molecular formula is C29H42O6. The standard InChI is InChI=1S/C29H42O6/c1-5-7-25(32)34-18-24(31)29(35-26(33)8-6-2)16-13-23-21-10-9-19-17-20(30)11-14-27(19,3)22(21)12-15-28(23,29)4/h17,21-23H,5-16,18H2,1-4H3/t21-,22+,23+,27+,28+,29+/m1/s1. The van der Waals surface area contributed by atoms with Gasteiger partial charge >= 0.3 is 11.9 Å². The van der Waals surface area contributed by atoms with E-state index >= 15 is 0 Å². The van der Waals surface area contributed by atoms with Gasteiger partial charge in [0.25, 0.3) is 0 Å². The van der Waals surface area contributed by atoms with Gasteiger partial charge in [-0.25, -0.2) is 0 Å². The lowest BCUT2D eigenvalue weighted by Gasteiger charge is -2.59. The molecule has 194 valence electrons. The Morgan fingerprint density at radius 1 is 0.914 bits per heavy atom. The second-order valence-electron chi connectivity index (χ2n) is 11.8. The van der Waals surface area contributed by atoms with Crippen LogP contribution < -0.4 is 0 Å². The summed E-state index contributed by atoms with van der Waals surface area (Å²) in [6, 6.07) is 0. The molecule has 3 fully saturated rings. The zero-order chi connectivity index (χ0) is 25.4. The van der Waals surface area contributed by atoms with Crippen molar-refractivity contribution in [2.75, 3.05) is 6.61 Å². The van der Waals surface area contributed by atoms with E-state index in [-0.39, 0.29) is 54.3 Å². The molecule has 0 spiro atoms. The average molecular weight is 487 g/mol. The first-order valence-electron chi connectivity index (χ1n) is 13.8. The van der Waals surface area contributed by atoms with Crippen LogP contribution in [-0.2, 0) is 28.7 Å². The van der Waals surface area contributed by atoms with Crippen molar-refractivity contribution >= 4 is 23.5 Å². The molecule has 3 saturated carbocycles. The monoisotopic (exact) mass is 486 g/mol. The van der Waals surface area contributed by atoms with Crippen LogP contribution in [0.4, 0.5) is 0 Å². The minimum absolute atomic E-state index is 0.0436. The highest BCUT2D eigenvalue weighted by Gasteiger charge is 2.68. The second kappa shape index (κ2) is 9.82. The van der Waals surface area contributed by atoms with Crippen molar-refractivity contribution in [3.63, 3.8) is 0 Å². The zero-order valence-corrected chi connectivity index (χ0v) is 22.0. The van der Waals surface area contributed by atoms with Gasteiger partial charge in [0, 0.05) is 24.7 Å². The normalized spacial score (nSPS) is 38.0. The summed E-state index contributed by atoms with van der Waals surface area (Å²) in [4.78, 5) is 50.7. The fourth-order valence-electron chi connectivity index (χ4n) is 8.23. The third-order valence-electron chi connectivity index (χ3n) is 10.1. The van der Waals surface area contributed by atoms with Gasteiger partial charge in [0.1, 0.15) is 0 Å². The van der Waals surface area contributed by atoms with Crippen LogP contribution in [0, 0.1) is 28.6 Å². The number of hydrogen-bond donors (Lipinski definition) is 0. The summed E-state index contributed by atoms with van der Waals surface area (Å²) < 4.78 is 11.5. The van der Waals surface area contributed by atoms with E-state index in [1.807, 2.05) is 19.9 Å². The largest absolute Gasteiger partial charge is 0.457 e. The molecule has 0 heterocycles. The number of carbonyl (C=O) groups is 4. The number of esters is 2. The summed E-state index contributed by atoms with van der Waals surface area (Å²) in [6.45, 7) is 7.97. The summed E-state index contributed by atoms with van der Waals surface area (Å²) in [7, 11) is 0. The fraction of sp³-hybridized carbons (Fsp3) is 0.793. The predicted octanol–water partition coefficient (Wildman–Crippen LogP) is 5.51. The molecule has 0 N–H and O–H groups in total. The van der Waals surface area contributed by atoms with Crippen molar-refractivity contribution in [3.8, 4) is 0 Å². The first-order valence-corrected chi connectivity index (χ1v) is 13.8. The van der Waals surface area contributed by atoms with Gasteiger partial charge in [-0.1, -0.05) is 33.3 Å². The Hall–Kier alpha value is -1.98. The van der Waals surface area contributed by atoms with Crippen LogP contribution in [-0.4, -0.2) is 35.7 Å². The minimum Gasteiger partial charge on any atom is -0.457 e. The lowest BCUT2D eigenvalue weighted by atomic mass is 9.46. The number of carbonyl (C=O) groups excluding carboxylic acids is 4. The van der Waals surface area contributed by atoms with Crippen molar-refractivity contribution in [2.45, 2.75) is 110 Å². The third kappa shape index (κ3) is 4.29. The highest BCUT2D eigenvalue weighted by atomic mass is 16.6. The number of Topliss-reactive ketones (excluding diaryl/α,β-unsaturated/α-hetero) is 1. The Bertz CT molecular complexity index is 920. The van der Waals surface area contributed by atoms with Gasteiger partial charge in [-0.2, -0.15) is 0 Å². The van der Waals surface area contributed by atoms with Crippen LogP contribution >= 0.6 is 0 Å². The van der Waals surface area contributed by atoms with Gasteiger partial charge in [-0.05, 0) is 87.0 Å². The van der Waals surface area contributed by atoms with E-state index in [0.29, 0.717) is 37.5 Å². The molecule has 0 saturated heterocycles. The maximum absolute atomic E-state index is 13.8. The molecule has 35 heavy (non-hydrogen) atoms. The van der Waals surface area contributed by atoms with Gasteiger partial charge in [0.05, 0.1) is 0 Å². The van der Waals surface area contributed by atoms with Gasteiger partial charge in [0.2, 0.25) is 5.78 Å². The van der Waals surface area contributed by atoms with Crippen molar-refractivity contribution in [1.29, 1.82) is 0 Å². The molecule has 4 aliphatic rings. The average Bonchev–Trinajstić information content (AvgIpc) is 3.11. The molecule has 0 aromatic heterocycles. The summed E-state index contributed by atoms with van der Waals surface area (Å²) in [5.41, 5.74) is -0.354. The van der Waals surface area contributed by atoms with Crippen LogP contribution in [0.2, 0.25) is 0 Å². The SMILES string of the molecule is CCCC(=O)OCC(=O)[C@@]1(OC(=O)CCC)CC[C@H]2[C@@H]3CCC4=CC(=O)CC[C@]4(C)[C@H]3CC[C@@]21C. The molecule has 6 heteroatoms. The van der Waals surface area contributed by atoms with Crippen LogP contribution in [0.1, 0.15) is 105 Å². The van der Waals surface area contributed by atoms with E-state index in [0.717, 1.165) is 38.5 Å². The summed E-state index contributed by atoms with van der Waals surface area (Å²) >= 11 is 0. The number of fused-ring (bicyclic) bond motifs is 5. The Kier molecular flexibility index (Phi) is 7.32. The Labute approximate surface area is 209 Å². The maximum atomic E-state index is 13.8. The van der Waals surface area contributed by atoms with E-state index in [1.165, 1.54) is 5.57 Å². The first kappa shape index (κ1) is 26.1. The van der Waals surface area contributed by atoms with Crippen molar-refractivity contribution < 1.29 is 28.7 Å². The smallest absolute Gasteiger partial charge is 0.306 e. The van der Waals surface area contributed by atoms with E-state index < -0.39 is 11.0 Å². The molecular weight excluding hydrogens is 444 g/mol. The van der Waals surface area contributed by atoms with Crippen LogP contribution in [0.5, 0.6) is 0 Å². The molecule has 0 unspecified atom stereocenters. The fourth-order valence-corrected chi connectivity index (χ4v) is 8.23. The van der Waals surface area contributed by atoms with Crippen LogP contribution in [0.15, 0.2) is 11.6 Å². The first-order chi connectivity index (χ1) is 16.6. The highest BCUT2D eigenvalue weighted by Crippen LogP contribution is 2.68. The zero-order valence-electron chi connectivity index (χ0n) is 22.0. The van der Waals surface area contributed by atoms with E-state index in [2.05, 4.69) is 13.8 Å². The lowest BCUT2D eigenvalue weighted by molar-refractivity contribution is -0.192. The van der Waals surface area contributed by atoms with Crippen molar-refractivity contribution in [1.82, 2.24) is 0 Å². The van der Waals surface area contributed by atoms with E-state index in [1.54, 1.807) is 0 Å². The molecule has 4 rings (SSSR count). The molecule has 0 amide bonds. The number of ketones is 2. The molecule has 0 radical (unpaired) electrons. The number of rotatable bonds is 8. The molecule has 0 aliphatic heterocycles. The summed E-state index contributed by atoms with van der Waals surface area (Å²) in [5.74, 6) is 0.451. The molecule has 6 atom stereocenters. The number of allylic oxidation sites excluding steroid dienone is 1. The lowest BCUT2D eigenvalue weighted by Crippen LogP contribution is -2.60. The minimum atomic E-state index is -1.24. The number of hydrogen-bond acceptors (Lipinski definition) is 6. The molecule has 0 aromatic carbocycles. The Morgan fingerprint density at radius 3 is 2.31 bits per heavy atom. The molecule has 6 nitrogen and oxygen atoms in total. The van der Waals surface area contributed by atoms with Crippen LogP contribution in [0.3, 0.4) is 0 Å². The second-order valence-corrected chi connectivity index (χ2v) is 11.8. The van der Waals surface area contributed by atoms with Crippen LogP contribution in [0.25, 0.3) is 0 Å². The third-order valence-corrected chi connectivity index (χ3v) is 10.1. The van der Waals surface area contributed by atoms with E-state index in [9.17, 15) is 19.2 Å². The molecule has 4 aliphatic carbocycles. The summed E-state index contributed by atoms with van der Waals surface area (Å²) in [5, 5.41) is 0. The molecule has 0 aromatic rings. The maximum Gasteiger partial charge on any atom is 0.306 e. The van der Waals surface area contributed by atoms with Gasteiger partial charge in [-0.15, -0.1) is 0 Å². The van der Waals surface area contributed by atoms with Crippen molar-refractivity contribution in [2.24, 2.45) is 28.6 Å².